The molecule has 128 valence electrons. The second-order valence-corrected chi connectivity index (χ2v) is 7.06. The van der Waals surface area contributed by atoms with Gasteiger partial charge in [0.05, 0.1) is 0 Å². The Hall–Kier alpha value is -1.59. The second kappa shape index (κ2) is 6.89. The summed E-state index contributed by atoms with van der Waals surface area (Å²) in [6, 6.07) is 7.96. The van der Waals surface area contributed by atoms with Crippen LogP contribution in [0.2, 0.25) is 0 Å². The van der Waals surface area contributed by atoms with Crippen LogP contribution in [0.5, 0.6) is 0 Å². The van der Waals surface area contributed by atoms with E-state index >= 15 is 0 Å². The fourth-order valence-corrected chi connectivity index (χ4v) is 2.80. The molecule has 1 heterocycles. The van der Waals surface area contributed by atoms with Crippen molar-refractivity contribution < 1.29 is 14.3 Å². The summed E-state index contributed by atoms with van der Waals surface area (Å²) in [5.41, 5.74) is 2.18. The number of piperidine rings is 1. The fourth-order valence-electron chi connectivity index (χ4n) is 2.80. The average molecular weight is 320 g/mol. The molecule has 23 heavy (non-hydrogen) atoms. The van der Waals surface area contributed by atoms with Gasteiger partial charge in [-0.2, -0.15) is 0 Å². The molecule has 1 fully saturated rings. The van der Waals surface area contributed by atoms with Crippen LogP contribution in [0, 0.1) is 0 Å². The summed E-state index contributed by atoms with van der Waals surface area (Å²) in [4.78, 5) is 14.2. The third-order valence-corrected chi connectivity index (χ3v) is 4.56. The summed E-state index contributed by atoms with van der Waals surface area (Å²) in [5.74, 6) is -0.550. The van der Waals surface area contributed by atoms with Crippen molar-refractivity contribution in [1.82, 2.24) is 4.90 Å². The molecule has 5 nitrogen and oxygen atoms in total. The van der Waals surface area contributed by atoms with E-state index in [-0.39, 0.29) is 11.4 Å². The van der Waals surface area contributed by atoms with Crippen LogP contribution in [0.25, 0.3) is 0 Å². The average Bonchev–Trinajstić information content (AvgIpc) is 2.54. The van der Waals surface area contributed by atoms with Crippen LogP contribution in [0.3, 0.4) is 0 Å². The first-order chi connectivity index (χ1) is 10.8. The van der Waals surface area contributed by atoms with Crippen molar-refractivity contribution in [2.75, 3.05) is 32.6 Å². The van der Waals surface area contributed by atoms with Crippen LogP contribution >= 0.6 is 0 Å². The molecule has 1 saturated heterocycles. The summed E-state index contributed by atoms with van der Waals surface area (Å²) in [6.45, 7) is 7.76. The van der Waals surface area contributed by atoms with Gasteiger partial charge in [0.15, 0.2) is 5.79 Å². The number of amides is 2. The second-order valence-electron chi connectivity index (χ2n) is 7.06. The van der Waals surface area contributed by atoms with Gasteiger partial charge in [0.2, 0.25) is 0 Å². The summed E-state index contributed by atoms with van der Waals surface area (Å²) in [6.07, 6.45) is 1.35. The maximum atomic E-state index is 12.4. The van der Waals surface area contributed by atoms with Crippen molar-refractivity contribution in [1.29, 1.82) is 0 Å². The zero-order chi connectivity index (χ0) is 17.1. The third kappa shape index (κ3) is 4.24. The van der Waals surface area contributed by atoms with E-state index < -0.39 is 5.79 Å². The van der Waals surface area contributed by atoms with Gasteiger partial charge in [-0.05, 0) is 23.1 Å². The van der Waals surface area contributed by atoms with E-state index in [4.69, 9.17) is 9.47 Å². The quantitative estimate of drug-likeness (QED) is 0.866. The SMILES string of the molecule is COC1(OC)CCN(C(=O)Nc2ccc(C(C)(C)C)cc2)CC1. The predicted molar refractivity (Wildman–Crippen MR) is 91.7 cm³/mol. The molecule has 1 aliphatic rings. The van der Waals surface area contributed by atoms with E-state index in [1.54, 1.807) is 19.1 Å². The van der Waals surface area contributed by atoms with Crippen molar-refractivity contribution >= 4 is 11.7 Å². The van der Waals surface area contributed by atoms with Gasteiger partial charge in [-0.3, -0.25) is 0 Å². The third-order valence-electron chi connectivity index (χ3n) is 4.56. The van der Waals surface area contributed by atoms with E-state index in [1.807, 2.05) is 12.1 Å². The Morgan fingerprint density at radius 2 is 1.61 bits per heavy atom. The smallest absolute Gasteiger partial charge is 0.321 e. The Morgan fingerprint density at radius 1 is 1.09 bits per heavy atom. The first kappa shape index (κ1) is 17.8. The highest BCUT2D eigenvalue weighted by Crippen LogP contribution is 2.27. The number of urea groups is 1. The standard InChI is InChI=1S/C18H28N2O3/c1-17(2,3)14-6-8-15(9-7-14)19-16(21)20-12-10-18(22-4,23-5)11-13-20/h6-9H,10-13H2,1-5H3,(H,19,21). The summed E-state index contributed by atoms with van der Waals surface area (Å²) < 4.78 is 10.9. The number of hydrogen-bond donors (Lipinski definition) is 1. The van der Waals surface area contributed by atoms with Crippen LogP contribution in [0.1, 0.15) is 39.2 Å². The highest BCUT2D eigenvalue weighted by atomic mass is 16.7. The lowest BCUT2D eigenvalue weighted by atomic mass is 9.87. The van der Waals surface area contributed by atoms with Crippen LogP contribution < -0.4 is 5.32 Å². The number of methoxy groups -OCH3 is 2. The predicted octanol–water partition coefficient (Wildman–Crippen LogP) is 3.60. The number of nitrogens with zero attached hydrogens (tertiary/aromatic N) is 1. The van der Waals surface area contributed by atoms with Crippen molar-refractivity contribution in [3.63, 3.8) is 0 Å². The molecule has 5 heteroatoms. The fraction of sp³-hybridized carbons (Fsp3) is 0.611. The Bertz CT molecular complexity index is 520. The highest BCUT2D eigenvalue weighted by Gasteiger charge is 2.35. The number of likely N-dealkylation sites (tertiary alicyclic amines) is 1. The molecular weight excluding hydrogens is 292 g/mol. The van der Waals surface area contributed by atoms with E-state index in [2.05, 4.69) is 38.2 Å². The number of nitrogens with one attached hydrogen (secondary N) is 1. The number of carbonyl (C=O) groups excluding carboxylic acids is 1. The summed E-state index contributed by atoms with van der Waals surface area (Å²) in [7, 11) is 3.30. The normalized spacial score (nSPS) is 17.9. The molecular formula is C18H28N2O3. The number of hydrogen-bond acceptors (Lipinski definition) is 3. The van der Waals surface area contributed by atoms with Gasteiger partial charge in [0.1, 0.15) is 0 Å². The monoisotopic (exact) mass is 320 g/mol. The molecule has 0 spiro atoms. The molecule has 0 aliphatic carbocycles. The number of rotatable bonds is 3. The Kier molecular flexibility index (Phi) is 5.32. The lowest BCUT2D eigenvalue weighted by Gasteiger charge is -2.39. The summed E-state index contributed by atoms with van der Waals surface area (Å²) >= 11 is 0. The first-order valence-electron chi connectivity index (χ1n) is 8.06. The largest absolute Gasteiger partial charge is 0.353 e. The van der Waals surface area contributed by atoms with E-state index in [1.165, 1.54) is 5.56 Å². The van der Waals surface area contributed by atoms with Crippen LogP contribution in [-0.4, -0.2) is 44.0 Å². The lowest BCUT2D eigenvalue weighted by Crippen LogP contribution is -2.49. The molecule has 1 N–H and O–H groups in total. The lowest BCUT2D eigenvalue weighted by molar-refractivity contribution is -0.226. The Balaban J connectivity index is 1.93. The van der Waals surface area contributed by atoms with Gasteiger partial charge < -0.3 is 19.7 Å². The van der Waals surface area contributed by atoms with Crippen molar-refractivity contribution in [3.8, 4) is 0 Å². The van der Waals surface area contributed by atoms with Crippen molar-refractivity contribution in [2.24, 2.45) is 0 Å². The zero-order valence-corrected chi connectivity index (χ0v) is 14.8. The van der Waals surface area contributed by atoms with Gasteiger partial charge in [-0.1, -0.05) is 32.9 Å². The molecule has 0 unspecified atom stereocenters. The molecule has 0 aromatic heterocycles. The zero-order valence-electron chi connectivity index (χ0n) is 14.8. The van der Waals surface area contributed by atoms with Gasteiger partial charge >= 0.3 is 6.03 Å². The van der Waals surface area contributed by atoms with Crippen LogP contribution in [0.15, 0.2) is 24.3 Å². The van der Waals surface area contributed by atoms with Gasteiger partial charge in [0, 0.05) is 45.8 Å². The van der Waals surface area contributed by atoms with Crippen LogP contribution in [-0.2, 0) is 14.9 Å². The minimum Gasteiger partial charge on any atom is -0.353 e. The molecule has 1 aromatic carbocycles. The van der Waals surface area contributed by atoms with Crippen LogP contribution in [0.4, 0.5) is 10.5 Å². The Morgan fingerprint density at radius 3 is 2.04 bits per heavy atom. The first-order valence-corrected chi connectivity index (χ1v) is 8.06. The number of carbonyl (C=O) groups is 1. The number of ether oxygens (including phenoxy) is 2. The molecule has 2 rings (SSSR count). The molecule has 2 amide bonds. The molecule has 0 atom stereocenters. The number of benzene rings is 1. The number of anilines is 1. The van der Waals surface area contributed by atoms with Crippen molar-refractivity contribution in [3.05, 3.63) is 29.8 Å². The summed E-state index contributed by atoms with van der Waals surface area (Å²) in [5, 5.41) is 2.96. The van der Waals surface area contributed by atoms with E-state index in [0.717, 1.165) is 5.69 Å². The van der Waals surface area contributed by atoms with Gasteiger partial charge in [-0.25, -0.2) is 4.79 Å². The molecule has 0 radical (unpaired) electrons. The maximum absolute atomic E-state index is 12.4. The molecule has 1 aromatic rings. The minimum atomic E-state index is -0.550. The Labute approximate surface area is 139 Å². The highest BCUT2D eigenvalue weighted by molar-refractivity contribution is 5.89. The molecule has 1 aliphatic heterocycles. The topological polar surface area (TPSA) is 50.8 Å². The van der Waals surface area contributed by atoms with E-state index in [0.29, 0.717) is 25.9 Å². The van der Waals surface area contributed by atoms with Crippen molar-refractivity contribution in [2.45, 2.75) is 44.8 Å². The molecule has 0 saturated carbocycles. The van der Waals surface area contributed by atoms with Gasteiger partial charge in [-0.15, -0.1) is 0 Å². The minimum absolute atomic E-state index is 0.0747. The van der Waals surface area contributed by atoms with E-state index in [9.17, 15) is 4.79 Å². The molecule has 0 bridgehead atoms. The van der Waals surface area contributed by atoms with Gasteiger partial charge in [0.25, 0.3) is 0 Å². The maximum Gasteiger partial charge on any atom is 0.321 e.